The number of para-hydroxylation sites is 2. The molecule has 38 heavy (non-hydrogen) atoms. The third-order valence-electron chi connectivity index (χ3n) is 7.71. The average Bonchev–Trinajstić information content (AvgIpc) is 3.39. The van der Waals surface area contributed by atoms with Crippen molar-refractivity contribution in [3.8, 4) is 39.5 Å². The summed E-state index contributed by atoms with van der Waals surface area (Å²) in [5, 5.41) is 0. The molecule has 0 saturated carbocycles. The fraction of sp³-hybridized carbons (Fsp3) is 0.273. The van der Waals surface area contributed by atoms with Crippen LogP contribution in [-0.4, -0.2) is 27.9 Å². The summed E-state index contributed by atoms with van der Waals surface area (Å²) in [6, 6.07) is 25.4. The standard InChI is InChI=1S/C33H33NO4/c1-35-21-29-26-7-6-18-38-31-9-5-4-8-30(31)34-19-27(32(26)22-10-14-24(36-2)15-11-22)28(20-34)33(29)23-12-16-25(37-3)17-13-23/h4-5,8-17H,6-7,18-21H2,1-3H3. The van der Waals surface area contributed by atoms with E-state index in [1.807, 2.05) is 12.1 Å². The van der Waals surface area contributed by atoms with Gasteiger partial charge in [0, 0.05) is 20.2 Å². The van der Waals surface area contributed by atoms with Crippen LogP contribution < -0.4 is 19.1 Å². The molecular weight excluding hydrogens is 474 g/mol. The third kappa shape index (κ3) is 4.27. The van der Waals surface area contributed by atoms with Crippen molar-refractivity contribution >= 4 is 5.69 Å². The number of ether oxygens (including phenoxy) is 4. The Morgan fingerprint density at radius 3 is 1.95 bits per heavy atom. The monoisotopic (exact) mass is 507 g/mol. The van der Waals surface area contributed by atoms with Gasteiger partial charge in [-0.25, -0.2) is 0 Å². The summed E-state index contributed by atoms with van der Waals surface area (Å²) >= 11 is 0. The molecule has 4 aromatic rings. The number of hydrogen-bond acceptors (Lipinski definition) is 5. The van der Waals surface area contributed by atoms with Gasteiger partial charge < -0.3 is 23.8 Å². The Balaban J connectivity index is 1.65. The number of fused-ring (bicyclic) bond motifs is 4. The highest BCUT2D eigenvalue weighted by Crippen LogP contribution is 2.47. The predicted octanol–water partition coefficient (Wildman–Crippen LogP) is 7.03. The second-order valence-corrected chi connectivity index (χ2v) is 9.83. The summed E-state index contributed by atoms with van der Waals surface area (Å²) in [5.41, 5.74) is 11.5. The van der Waals surface area contributed by atoms with E-state index in [2.05, 4.69) is 65.6 Å². The zero-order chi connectivity index (χ0) is 26.1. The average molecular weight is 508 g/mol. The number of anilines is 1. The highest BCUT2D eigenvalue weighted by atomic mass is 16.5. The van der Waals surface area contributed by atoms with Crippen LogP contribution in [0.5, 0.6) is 17.2 Å². The van der Waals surface area contributed by atoms with E-state index in [4.69, 9.17) is 18.9 Å². The quantitative estimate of drug-likeness (QED) is 0.280. The van der Waals surface area contributed by atoms with E-state index in [1.54, 1.807) is 21.3 Å². The summed E-state index contributed by atoms with van der Waals surface area (Å²) in [4.78, 5) is 2.45. The van der Waals surface area contributed by atoms with Crippen molar-refractivity contribution in [1.29, 1.82) is 0 Å². The van der Waals surface area contributed by atoms with Crippen molar-refractivity contribution < 1.29 is 18.9 Å². The van der Waals surface area contributed by atoms with Gasteiger partial charge in [0.25, 0.3) is 0 Å². The van der Waals surface area contributed by atoms with E-state index < -0.39 is 0 Å². The number of benzene rings is 4. The Kier molecular flexibility index (Phi) is 6.69. The van der Waals surface area contributed by atoms with Crippen molar-refractivity contribution in [2.75, 3.05) is 32.8 Å². The second-order valence-electron chi connectivity index (χ2n) is 9.83. The van der Waals surface area contributed by atoms with E-state index in [-0.39, 0.29) is 0 Å². The summed E-state index contributed by atoms with van der Waals surface area (Å²) in [6.07, 6.45) is 1.81. The van der Waals surface area contributed by atoms with Crippen LogP contribution in [0.3, 0.4) is 0 Å². The molecule has 0 aromatic heterocycles. The summed E-state index contributed by atoms with van der Waals surface area (Å²) < 4.78 is 23.1. The molecule has 0 fully saturated rings. The van der Waals surface area contributed by atoms with Crippen LogP contribution >= 0.6 is 0 Å². The van der Waals surface area contributed by atoms with Crippen LogP contribution in [0.4, 0.5) is 5.69 Å². The zero-order valence-electron chi connectivity index (χ0n) is 22.3. The van der Waals surface area contributed by atoms with Crippen molar-refractivity contribution in [2.45, 2.75) is 32.5 Å². The molecule has 0 spiro atoms. The second kappa shape index (κ2) is 10.4. The predicted molar refractivity (Wildman–Crippen MR) is 151 cm³/mol. The van der Waals surface area contributed by atoms with Crippen LogP contribution in [0.2, 0.25) is 0 Å². The van der Waals surface area contributed by atoms with Crippen LogP contribution in [0, 0.1) is 0 Å². The van der Waals surface area contributed by atoms with Crippen LogP contribution in [0.15, 0.2) is 72.8 Å². The molecule has 2 heterocycles. The number of methoxy groups -OCH3 is 3. The van der Waals surface area contributed by atoms with Gasteiger partial charge in [-0.2, -0.15) is 0 Å². The minimum Gasteiger partial charge on any atom is -0.497 e. The van der Waals surface area contributed by atoms with Gasteiger partial charge in [0.05, 0.1) is 33.1 Å². The Morgan fingerprint density at radius 1 is 0.711 bits per heavy atom. The highest BCUT2D eigenvalue weighted by Gasteiger charge is 2.32. The molecule has 6 rings (SSSR count). The maximum Gasteiger partial charge on any atom is 0.142 e. The topological polar surface area (TPSA) is 40.2 Å². The molecule has 194 valence electrons. The molecule has 0 amide bonds. The van der Waals surface area contributed by atoms with E-state index in [1.165, 1.54) is 44.5 Å². The molecule has 2 aliphatic rings. The first-order valence-electron chi connectivity index (χ1n) is 13.2. The largest absolute Gasteiger partial charge is 0.497 e. The lowest BCUT2D eigenvalue weighted by atomic mass is 9.81. The van der Waals surface area contributed by atoms with Crippen LogP contribution in [0.1, 0.15) is 28.7 Å². The van der Waals surface area contributed by atoms with Crippen LogP contribution in [0.25, 0.3) is 22.3 Å². The lowest BCUT2D eigenvalue weighted by molar-refractivity contribution is 0.184. The van der Waals surface area contributed by atoms with Crippen LogP contribution in [-0.2, 0) is 30.9 Å². The minimum atomic E-state index is 0.546. The van der Waals surface area contributed by atoms with Gasteiger partial charge in [-0.1, -0.05) is 36.4 Å². The van der Waals surface area contributed by atoms with Crippen molar-refractivity contribution in [3.63, 3.8) is 0 Å². The van der Waals surface area contributed by atoms with Gasteiger partial charge >= 0.3 is 0 Å². The Hall–Kier alpha value is -3.96. The lowest BCUT2D eigenvalue weighted by Crippen LogP contribution is -2.16. The molecule has 0 atom stereocenters. The fourth-order valence-corrected chi connectivity index (χ4v) is 5.99. The summed E-state index contributed by atoms with van der Waals surface area (Å²) in [7, 11) is 5.21. The number of rotatable bonds is 6. The van der Waals surface area contributed by atoms with Gasteiger partial charge in [0.15, 0.2) is 0 Å². The van der Waals surface area contributed by atoms with Crippen molar-refractivity contribution in [1.82, 2.24) is 0 Å². The van der Waals surface area contributed by atoms with E-state index in [0.29, 0.717) is 13.2 Å². The summed E-state index contributed by atoms with van der Waals surface area (Å²) in [5.74, 6) is 2.67. The molecular formula is C33H33NO4. The zero-order valence-corrected chi connectivity index (χ0v) is 22.3. The first kappa shape index (κ1) is 24.4. The number of hydrogen-bond donors (Lipinski definition) is 0. The first-order chi connectivity index (χ1) is 18.7. The Bertz CT molecular complexity index is 1440. The molecule has 5 nitrogen and oxygen atoms in total. The molecule has 2 aliphatic heterocycles. The fourth-order valence-electron chi connectivity index (χ4n) is 5.99. The molecule has 0 N–H and O–H groups in total. The smallest absolute Gasteiger partial charge is 0.142 e. The molecule has 0 unspecified atom stereocenters. The lowest BCUT2D eigenvalue weighted by Gasteiger charge is -2.25. The SMILES string of the molecule is COCc1c2c(-c3ccc(OC)cc3)c3c(c1-c1ccc(OC)cc1)CN(C3)c1ccccc1OCCC2. The van der Waals surface area contributed by atoms with E-state index in [0.717, 1.165) is 48.9 Å². The minimum absolute atomic E-state index is 0.546. The molecule has 0 aliphatic carbocycles. The maximum atomic E-state index is 6.32. The molecule has 0 radical (unpaired) electrons. The van der Waals surface area contributed by atoms with E-state index in [9.17, 15) is 0 Å². The molecule has 5 heteroatoms. The molecule has 4 aromatic carbocycles. The van der Waals surface area contributed by atoms with Gasteiger partial charge in [0.1, 0.15) is 17.2 Å². The highest BCUT2D eigenvalue weighted by molar-refractivity contribution is 5.86. The van der Waals surface area contributed by atoms with Crippen molar-refractivity contribution in [3.05, 3.63) is 95.1 Å². The third-order valence-corrected chi connectivity index (χ3v) is 7.71. The van der Waals surface area contributed by atoms with E-state index >= 15 is 0 Å². The first-order valence-corrected chi connectivity index (χ1v) is 13.2. The Morgan fingerprint density at radius 2 is 1.32 bits per heavy atom. The van der Waals surface area contributed by atoms with Gasteiger partial charge in [-0.15, -0.1) is 0 Å². The normalized spacial score (nSPS) is 14.0. The van der Waals surface area contributed by atoms with Gasteiger partial charge in [0.2, 0.25) is 0 Å². The van der Waals surface area contributed by atoms with Gasteiger partial charge in [-0.05, 0) is 93.7 Å². The van der Waals surface area contributed by atoms with Crippen molar-refractivity contribution in [2.24, 2.45) is 0 Å². The van der Waals surface area contributed by atoms with Gasteiger partial charge in [-0.3, -0.25) is 0 Å². The summed E-state index contributed by atoms with van der Waals surface area (Å²) in [6.45, 7) is 2.83. The molecule has 0 saturated heterocycles. The maximum absolute atomic E-state index is 6.32. The Labute approximate surface area is 224 Å². The molecule has 3 bridgehead atoms. The number of nitrogens with zero attached hydrogens (tertiary/aromatic N) is 1.